The molecule has 2 aromatic heterocycles. The first-order valence-corrected chi connectivity index (χ1v) is 9.67. The number of fused-ring (bicyclic) bond motifs is 1. The summed E-state index contributed by atoms with van der Waals surface area (Å²) >= 11 is 13.4. The number of nitrogens with zero attached hydrogens (tertiary/aromatic N) is 3. The molecule has 1 amide bonds. The molecule has 0 aliphatic carbocycles. The Morgan fingerprint density at radius 2 is 2.07 bits per heavy atom. The Bertz CT molecular complexity index is 949. The fraction of sp³-hybridized carbons (Fsp3) is 0.235. The highest BCUT2D eigenvalue weighted by Crippen LogP contribution is 2.25. The largest absolute Gasteiger partial charge is 0.491 e. The topological polar surface area (TPSA) is 88.8 Å². The minimum atomic E-state index is -0.716. The number of carbonyl (C=O) groups excluding carboxylic acids is 1. The van der Waals surface area contributed by atoms with E-state index in [1.54, 1.807) is 40.9 Å². The Kier molecular flexibility index (Phi) is 6.43. The zero-order valence-corrected chi connectivity index (χ0v) is 16.6. The number of nitrogens with one attached hydrogen (secondary N) is 1. The van der Waals surface area contributed by atoms with Gasteiger partial charge in [-0.2, -0.15) is 0 Å². The number of halogens is 2. The molecule has 0 bridgehead atoms. The van der Waals surface area contributed by atoms with Crippen molar-refractivity contribution in [3.05, 3.63) is 46.6 Å². The van der Waals surface area contributed by atoms with E-state index >= 15 is 0 Å². The summed E-state index contributed by atoms with van der Waals surface area (Å²) in [5, 5.41) is 22.4. The van der Waals surface area contributed by atoms with Gasteiger partial charge in [0.1, 0.15) is 12.4 Å². The second-order valence-corrected chi connectivity index (χ2v) is 7.49. The quantitative estimate of drug-likeness (QED) is 0.561. The van der Waals surface area contributed by atoms with E-state index in [0.717, 1.165) is 0 Å². The minimum Gasteiger partial charge on any atom is -0.491 e. The van der Waals surface area contributed by atoms with Crippen molar-refractivity contribution in [3.63, 3.8) is 0 Å². The Morgan fingerprint density at radius 3 is 2.78 bits per heavy atom. The van der Waals surface area contributed by atoms with E-state index in [9.17, 15) is 9.90 Å². The standard InChI is InChI=1S/C17H16Cl2N4O3S/c1-10(24)20-12-2-4-14(5-3-12)26-8-13(25)9-27-17-22-21-16-15(19)6-11(18)7-23(16)17/h2-7,13,25H,8-9H2,1H3,(H,20,24). The number of hydrogen-bond acceptors (Lipinski definition) is 6. The van der Waals surface area contributed by atoms with Crippen LogP contribution in [-0.4, -0.2) is 44.1 Å². The van der Waals surface area contributed by atoms with Crippen LogP contribution in [-0.2, 0) is 4.79 Å². The van der Waals surface area contributed by atoms with E-state index < -0.39 is 6.10 Å². The van der Waals surface area contributed by atoms with Gasteiger partial charge >= 0.3 is 0 Å². The molecular formula is C17H16Cl2N4O3S. The second-order valence-electron chi connectivity index (χ2n) is 5.66. The number of amides is 1. The normalized spacial score (nSPS) is 12.1. The molecule has 3 aromatic rings. The van der Waals surface area contributed by atoms with Gasteiger partial charge in [0.2, 0.25) is 5.91 Å². The van der Waals surface area contributed by atoms with Crippen LogP contribution in [0.3, 0.4) is 0 Å². The van der Waals surface area contributed by atoms with Crippen LogP contribution in [0.15, 0.2) is 41.7 Å². The summed E-state index contributed by atoms with van der Waals surface area (Å²) in [5.74, 6) is 0.814. The molecule has 0 saturated carbocycles. The van der Waals surface area contributed by atoms with Gasteiger partial charge in [-0.05, 0) is 30.3 Å². The molecule has 27 heavy (non-hydrogen) atoms. The van der Waals surface area contributed by atoms with E-state index in [0.29, 0.717) is 38.0 Å². The van der Waals surface area contributed by atoms with Gasteiger partial charge in [0, 0.05) is 24.6 Å². The fourth-order valence-electron chi connectivity index (χ4n) is 2.25. The van der Waals surface area contributed by atoms with E-state index in [-0.39, 0.29) is 12.5 Å². The van der Waals surface area contributed by atoms with Crippen molar-refractivity contribution < 1.29 is 14.6 Å². The maximum absolute atomic E-state index is 11.0. The molecule has 7 nitrogen and oxygen atoms in total. The highest BCUT2D eigenvalue weighted by Gasteiger charge is 2.13. The van der Waals surface area contributed by atoms with E-state index in [4.69, 9.17) is 27.9 Å². The number of aliphatic hydroxyl groups is 1. The summed E-state index contributed by atoms with van der Waals surface area (Å²) in [4.78, 5) is 11.0. The number of pyridine rings is 1. The number of ether oxygens (including phenoxy) is 1. The molecule has 0 aliphatic heterocycles. The number of aliphatic hydroxyl groups excluding tert-OH is 1. The lowest BCUT2D eigenvalue weighted by atomic mass is 10.3. The molecule has 0 spiro atoms. The van der Waals surface area contributed by atoms with Gasteiger partial charge < -0.3 is 15.2 Å². The zero-order chi connectivity index (χ0) is 19.4. The third-order valence-electron chi connectivity index (χ3n) is 3.42. The van der Waals surface area contributed by atoms with Gasteiger partial charge in [-0.15, -0.1) is 10.2 Å². The van der Waals surface area contributed by atoms with Crippen molar-refractivity contribution in [3.8, 4) is 5.75 Å². The molecule has 2 heterocycles. The van der Waals surface area contributed by atoms with Crippen LogP contribution in [0.1, 0.15) is 6.92 Å². The first-order chi connectivity index (χ1) is 12.9. The third-order valence-corrected chi connectivity index (χ3v) is 4.99. The molecule has 1 atom stereocenters. The van der Waals surface area contributed by atoms with Crippen molar-refractivity contribution in [2.45, 2.75) is 18.2 Å². The fourth-order valence-corrected chi connectivity index (χ4v) is 3.57. The van der Waals surface area contributed by atoms with Crippen molar-refractivity contribution in [1.29, 1.82) is 0 Å². The molecule has 3 rings (SSSR count). The van der Waals surface area contributed by atoms with Crippen molar-refractivity contribution in [1.82, 2.24) is 14.6 Å². The summed E-state index contributed by atoms with van der Waals surface area (Å²) in [6.07, 6.45) is 0.956. The average Bonchev–Trinajstić information content (AvgIpc) is 3.02. The Morgan fingerprint density at radius 1 is 1.33 bits per heavy atom. The maximum atomic E-state index is 11.0. The number of hydrogen-bond donors (Lipinski definition) is 2. The predicted octanol–water partition coefficient (Wildman–Crippen LogP) is 3.53. The Hall–Kier alpha value is -2.00. The van der Waals surface area contributed by atoms with E-state index in [2.05, 4.69) is 15.5 Å². The number of rotatable bonds is 7. The van der Waals surface area contributed by atoms with Crippen LogP contribution in [0.25, 0.3) is 5.65 Å². The van der Waals surface area contributed by atoms with E-state index in [1.807, 2.05) is 0 Å². The van der Waals surface area contributed by atoms with Crippen molar-refractivity contribution in [2.75, 3.05) is 17.7 Å². The van der Waals surface area contributed by atoms with Crippen LogP contribution in [0.5, 0.6) is 5.75 Å². The van der Waals surface area contributed by atoms with Gasteiger partial charge in [-0.25, -0.2) is 0 Å². The van der Waals surface area contributed by atoms with Gasteiger partial charge in [0.15, 0.2) is 10.8 Å². The third kappa shape index (κ3) is 5.26. The monoisotopic (exact) mass is 426 g/mol. The molecule has 0 fully saturated rings. The van der Waals surface area contributed by atoms with Crippen LogP contribution in [0.4, 0.5) is 5.69 Å². The predicted molar refractivity (Wildman–Crippen MR) is 106 cm³/mol. The second kappa shape index (κ2) is 8.79. The van der Waals surface area contributed by atoms with Crippen molar-refractivity contribution >= 4 is 52.2 Å². The lowest BCUT2D eigenvalue weighted by Crippen LogP contribution is -2.20. The Labute approximate surface area is 169 Å². The lowest BCUT2D eigenvalue weighted by molar-refractivity contribution is -0.114. The molecule has 142 valence electrons. The maximum Gasteiger partial charge on any atom is 0.221 e. The summed E-state index contributed by atoms with van der Waals surface area (Å²) in [7, 11) is 0. The highest BCUT2D eigenvalue weighted by molar-refractivity contribution is 7.99. The number of carbonyl (C=O) groups is 1. The summed E-state index contributed by atoms with van der Waals surface area (Å²) in [5.41, 5.74) is 1.19. The van der Waals surface area contributed by atoms with Crippen molar-refractivity contribution in [2.24, 2.45) is 0 Å². The molecule has 0 radical (unpaired) electrons. The first-order valence-electron chi connectivity index (χ1n) is 7.93. The van der Waals surface area contributed by atoms with Crippen LogP contribution in [0, 0.1) is 0 Å². The van der Waals surface area contributed by atoms with E-state index in [1.165, 1.54) is 18.7 Å². The minimum absolute atomic E-state index is 0.116. The summed E-state index contributed by atoms with van der Waals surface area (Å²) in [6.45, 7) is 1.56. The molecule has 2 N–H and O–H groups in total. The lowest BCUT2D eigenvalue weighted by Gasteiger charge is -2.12. The smallest absolute Gasteiger partial charge is 0.221 e. The van der Waals surface area contributed by atoms with Crippen LogP contribution >= 0.6 is 35.0 Å². The van der Waals surface area contributed by atoms with Gasteiger partial charge in [0.05, 0.1) is 16.1 Å². The van der Waals surface area contributed by atoms with Crippen LogP contribution < -0.4 is 10.1 Å². The molecule has 0 saturated heterocycles. The Balaban J connectivity index is 1.53. The number of thioether (sulfide) groups is 1. The molecule has 1 unspecified atom stereocenters. The zero-order valence-electron chi connectivity index (χ0n) is 14.2. The van der Waals surface area contributed by atoms with Gasteiger partial charge in [-0.3, -0.25) is 9.20 Å². The summed E-state index contributed by atoms with van der Waals surface area (Å²) < 4.78 is 7.25. The number of aromatic nitrogens is 3. The average molecular weight is 427 g/mol. The number of benzene rings is 1. The first kappa shape index (κ1) is 19.8. The number of anilines is 1. The van der Waals surface area contributed by atoms with Gasteiger partial charge in [0.25, 0.3) is 0 Å². The molecule has 1 aromatic carbocycles. The SMILES string of the molecule is CC(=O)Nc1ccc(OCC(O)CSc2nnc3c(Cl)cc(Cl)cn23)cc1. The highest BCUT2D eigenvalue weighted by atomic mass is 35.5. The summed E-state index contributed by atoms with van der Waals surface area (Å²) in [6, 6.07) is 8.51. The molecular weight excluding hydrogens is 411 g/mol. The molecule has 0 aliphatic rings. The van der Waals surface area contributed by atoms with Gasteiger partial charge in [-0.1, -0.05) is 35.0 Å². The molecule has 10 heteroatoms. The van der Waals surface area contributed by atoms with Crippen LogP contribution in [0.2, 0.25) is 10.0 Å².